The van der Waals surface area contributed by atoms with Crippen molar-refractivity contribution < 1.29 is 62.8 Å². The number of carboxylic acid groups (broad SMARTS) is 2. The molecule has 1 saturated heterocycles. The molecule has 3 unspecified atom stereocenters. The van der Waals surface area contributed by atoms with Gasteiger partial charge in [0.05, 0.1) is 68.5 Å². The van der Waals surface area contributed by atoms with Gasteiger partial charge >= 0.3 is 11.9 Å². The topological polar surface area (TPSA) is 493 Å². The zero-order chi connectivity index (χ0) is 74.2. The average Bonchev–Trinajstić information content (AvgIpc) is 1.48. The van der Waals surface area contributed by atoms with Crippen LogP contribution in [0, 0.1) is 0 Å². The summed E-state index contributed by atoms with van der Waals surface area (Å²) in [6.45, 7) is 7.36. The van der Waals surface area contributed by atoms with Gasteiger partial charge < -0.3 is 83.9 Å². The molecule has 34 nitrogen and oxygen atoms in total. The van der Waals surface area contributed by atoms with E-state index >= 15 is 0 Å². The first-order valence-corrected chi connectivity index (χ1v) is 35.5. The molecule has 1 aliphatic rings. The van der Waals surface area contributed by atoms with Gasteiger partial charge in [0, 0.05) is 95.0 Å². The second-order valence-electron chi connectivity index (χ2n) is 24.8. The summed E-state index contributed by atoms with van der Waals surface area (Å²) in [6.07, 6.45) is 9.83. The lowest BCUT2D eigenvalue weighted by Gasteiger charge is -2.22. The number of nitrogens with zero attached hydrogens (tertiary/aromatic N) is 12. The number of carbonyl (C=O) groups is 9. The minimum atomic E-state index is -1.31. The predicted molar refractivity (Wildman–Crippen MR) is 388 cm³/mol. The Morgan fingerprint density at radius 1 is 0.573 bits per heavy atom. The minimum absolute atomic E-state index is 0.0104. The predicted octanol–water partition coefficient (Wildman–Crippen LogP) is 2.85. The third-order valence-electron chi connectivity index (χ3n) is 16.7. The molecule has 15 N–H and O–H groups in total. The third-order valence-corrected chi connectivity index (χ3v) is 18.0. The Bertz CT molecular complexity index is 3640. The highest BCUT2D eigenvalue weighted by atomic mass is 32.2. The van der Waals surface area contributed by atoms with E-state index in [1.807, 2.05) is 23.9 Å². The van der Waals surface area contributed by atoms with E-state index in [-0.39, 0.29) is 132 Å². The molecule has 1 aliphatic heterocycles. The second kappa shape index (κ2) is 41.6. The number of amides is 7. The van der Waals surface area contributed by atoms with Gasteiger partial charge in [-0.05, 0) is 119 Å². The van der Waals surface area contributed by atoms with Crippen LogP contribution >= 0.6 is 11.8 Å². The Morgan fingerprint density at radius 3 is 1.51 bits per heavy atom. The van der Waals surface area contributed by atoms with Gasteiger partial charge in [-0.1, -0.05) is 26.2 Å². The number of carbonyl (C=O) groups excluding carboxylic acids is 7. The van der Waals surface area contributed by atoms with Crippen LogP contribution < -0.4 is 59.3 Å². The minimum Gasteiger partial charge on any atom is -0.480 e. The van der Waals surface area contributed by atoms with Gasteiger partial charge in [-0.25, -0.2) is 29.5 Å². The van der Waals surface area contributed by atoms with Crippen molar-refractivity contribution in [1.29, 1.82) is 0 Å². The summed E-state index contributed by atoms with van der Waals surface area (Å²) in [4.78, 5) is 155. The summed E-state index contributed by atoms with van der Waals surface area (Å²) in [7, 11) is 3.64. The van der Waals surface area contributed by atoms with Crippen molar-refractivity contribution in [3.8, 4) is 0 Å². The maximum atomic E-state index is 13.2. The van der Waals surface area contributed by atoms with E-state index in [1.54, 1.807) is 60.9 Å². The molecular formula is C68H95N21O13S. The van der Waals surface area contributed by atoms with E-state index in [0.29, 0.717) is 101 Å². The molecule has 4 aromatic heterocycles. The number of aliphatic carboxylic acids is 2. The smallest absolute Gasteiger partial charge is 0.326 e. The Morgan fingerprint density at radius 2 is 1.04 bits per heavy atom. The number of likely N-dealkylation sites (tertiary alicyclic amines) is 1. The maximum Gasteiger partial charge on any atom is 0.326 e. The number of thioether (sulfide) groups is 1. The van der Waals surface area contributed by atoms with E-state index in [1.165, 1.54) is 16.7 Å². The summed E-state index contributed by atoms with van der Waals surface area (Å²) in [6, 6.07) is 10.5. The van der Waals surface area contributed by atoms with Crippen LogP contribution in [0.2, 0.25) is 0 Å². The highest BCUT2D eigenvalue weighted by Gasteiger charge is 2.38. The summed E-state index contributed by atoms with van der Waals surface area (Å²) >= 11 is 1.52. The van der Waals surface area contributed by atoms with E-state index in [4.69, 9.17) is 32.4 Å². The molecule has 0 spiro atoms. The quantitative estimate of drug-likeness (QED) is 0.0193. The summed E-state index contributed by atoms with van der Waals surface area (Å²) in [5.41, 5.74) is 27.6. The standard InChI is InChI=1S/C68H95N21O13S/c1-4-5-37-103-51-38-55(93)89(64(51)96)31-12-13-52(90)75-28-33-101-35-36-102-34-32-88(29-10-6-8-26-73-53(91)24-22-49(65(97)98)80-62(94)43-14-18-47(19-15-43)86(2)41-45-39-76-60-56(78-45)58(69)82-67(71)84-60)30-11-7-9-27-74-54(92)25-23-50(66(99)100)81-63(95)44-16-20-48(21-17-44)87(3)42-46-40-77-61-57(79-46)59(70)83-68(72)85-61/h14-21,39-40,49-51H,4-13,22-38,41-42H2,1-3H3,(H,73,91)(H,74,92)(H,75,90)(H,80,94)(H,81,95)(H,97,98)(H,99,100)(H4,69,71,76,82,84)(H4,70,72,77,83,85). The lowest BCUT2D eigenvalue weighted by Crippen LogP contribution is -2.41. The number of nitrogen functional groups attached to an aromatic ring is 4. The number of hydrogen-bond donors (Lipinski definition) is 11. The van der Waals surface area contributed by atoms with Crippen molar-refractivity contribution in [2.24, 2.45) is 0 Å². The Hall–Kier alpha value is -10.3. The fourth-order valence-corrected chi connectivity index (χ4v) is 12.2. The van der Waals surface area contributed by atoms with Crippen LogP contribution in [-0.4, -0.2) is 223 Å². The first kappa shape index (κ1) is 80.1. The SMILES string of the molecule is CCCCSC1CC(=O)N(CCCC(=O)NCCOCCOCCN(CCCCCNC(=O)CCC(NC(=O)c2ccc(N(C)Cc3cnc4nc(N)nc(N)c4n3)cc2)C(=O)O)CCCCCNC(=O)CCC(NC(=O)c2ccc(N(C)Cc3cnc4nc(N)nc(N)c4n3)cc2)C(=O)O)C1=O. The van der Waals surface area contributed by atoms with Crippen LogP contribution in [-0.2, 0) is 56.1 Å². The van der Waals surface area contributed by atoms with Crippen molar-refractivity contribution >= 4 is 122 Å². The first-order chi connectivity index (χ1) is 49.5. The Labute approximate surface area is 600 Å². The number of imide groups is 1. The molecule has 5 heterocycles. The number of benzene rings is 2. The molecule has 3 atom stereocenters. The van der Waals surface area contributed by atoms with Gasteiger partial charge in [0.2, 0.25) is 41.4 Å². The molecule has 7 amide bonds. The van der Waals surface area contributed by atoms with Crippen LogP contribution in [0.1, 0.15) is 135 Å². The lowest BCUT2D eigenvalue weighted by molar-refractivity contribution is -0.140. The fraction of sp³-hybridized carbons (Fsp3) is 0.515. The van der Waals surface area contributed by atoms with Crippen LogP contribution in [0.3, 0.4) is 0 Å². The van der Waals surface area contributed by atoms with Crippen LogP contribution in [0.25, 0.3) is 22.3 Å². The molecule has 1 fully saturated rings. The monoisotopic (exact) mass is 1450 g/mol. The number of rotatable bonds is 47. The maximum absolute atomic E-state index is 13.2. The zero-order valence-corrected chi connectivity index (χ0v) is 59.3. The number of hydrogen-bond acceptors (Lipinski definition) is 27. The van der Waals surface area contributed by atoms with Crippen LogP contribution in [0.4, 0.5) is 34.9 Å². The van der Waals surface area contributed by atoms with Crippen molar-refractivity contribution in [3.05, 3.63) is 83.4 Å². The molecule has 556 valence electrons. The molecule has 0 radical (unpaired) electrons. The number of aromatic nitrogens is 8. The second-order valence-corrected chi connectivity index (χ2v) is 26.1. The highest BCUT2D eigenvalue weighted by Crippen LogP contribution is 2.27. The molecule has 2 aromatic carbocycles. The van der Waals surface area contributed by atoms with Gasteiger partial charge in [0.25, 0.3) is 11.8 Å². The lowest BCUT2D eigenvalue weighted by atomic mass is 10.1. The number of carboxylic acids is 2. The number of ether oxygens (including phenoxy) is 2. The molecule has 0 saturated carbocycles. The van der Waals surface area contributed by atoms with Gasteiger partial charge in [-0.3, -0.25) is 38.5 Å². The molecule has 0 aliphatic carbocycles. The van der Waals surface area contributed by atoms with E-state index in [9.17, 15) is 53.4 Å². The Kier molecular flexibility index (Phi) is 32.3. The normalized spacial score (nSPS) is 13.4. The Balaban J connectivity index is 0.781. The van der Waals surface area contributed by atoms with Gasteiger partial charge in [-0.15, -0.1) is 11.8 Å². The molecule has 0 bridgehead atoms. The van der Waals surface area contributed by atoms with Crippen LogP contribution in [0.5, 0.6) is 0 Å². The molecular weight excluding hydrogens is 1350 g/mol. The van der Waals surface area contributed by atoms with E-state index < -0.39 is 35.8 Å². The molecule has 7 rings (SSSR count). The van der Waals surface area contributed by atoms with E-state index in [2.05, 4.69) is 78.3 Å². The summed E-state index contributed by atoms with van der Waals surface area (Å²) in [5.74, 6) is -4.00. The highest BCUT2D eigenvalue weighted by molar-refractivity contribution is 8.00. The van der Waals surface area contributed by atoms with Gasteiger partial charge in [0.15, 0.2) is 34.0 Å². The largest absolute Gasteiger partial charge is 0.480 e. The first-order valence-electron chi connectivity index (χ1n) is 34.5. The third kappa shape index (κ3) is 26.6. The van der Waals surface area contributed by atoms with Crippen molar-refractivity contribution in [1.82, 2.24) is 76.3 Å². The summed E-state index contributed by atoms with van der Waals surface area (Å²) in [5, 5.41) is 33.1. The number of fused-ring (bicyclic) bond motifs is 2. The number of anilines is 6. The molecule has 35 heteroatoms. The van der Waals surface area contributed by atoms with Crippen LogP contribution in [0.15, 0.2) is 60.9 Å². The summed E-state index contributed by atoms with van der Waals surface area (Å²) < 4.78 is 11.6. The fourth-order valence-electron chi connectivity index (χ4n) is 11.0. The molecule has 103 heavy (non-hydrogen) atoms. The number of nitrogens with two attached hydrogens (primary N) is 4. The van der Waals surface area contributed by atoms with Crippen molar-refractivity contribution in [2.45, 2.75) is 134 Å². The number of unbranched alkanes of at least 4 members (excludes halogenated alkanes) is 5. The van der Waals surface area contributed by atoms with Gasteiger partial charge in [-0.2, -0.15) is 19.9 Å². The average molecular weight is 1450 g/mol. The van der Waals surface area contributed by atoms with E-state index in [0.717, 1.165) is 68.7 Å². The van der Waals surface area contributed by atoms with Crippen molar-refractivity contribution in [3.63, 3.8) is 0 Å². The zero-order valence-electron chi connectivity index (χ0n) is 58.5. The number of nitrogens with one attached hydrogen (secondary N) is 5. The van der Waals surface area contributed by atoms with Crippen molar-refractivity contribution in [2.75, 3.05) is 125 Å². The molecule has 6 aromatic rings. The van der Waals surface area contributed by atoms with Gasteiger partial charge in [0.1, 0.15) is 12.1 Å².